The molecule has 0 spiro atoms. The minimum Gasteiger partial charge on any atom is -0.467 e. The molecule has 1 heterocycles. The maximum absolute atomic E-state index is 12.6. The van der Waals surface area contributed by atoms with Crippen LogP contribution in [-0.2, 0) is 9.59 Å². The number of hydrogen-bond acceptors (Lipinski definition) is 4. The first-order valence-electron chi connectivity index (χ1n) is 6.08. The summed E-state index contributed by atoms with van der Waals surface area (Å²) in [7, 11) is 0. The number of hydrogen-bond donors (Lipinski definition) is 2. The van der Waals surface area contributed by atoms with Crippen LogP contribution in [0.1, 0.15) is 12.8 Å². The number of aromatic nitrogens is 1. The van der Waals surface area contributed by atoms with Gasteiger partial charge < -0.3 is 4.74 Å². The van der Waals surface area contributed by atoms with Crippen molar-refractivity contribution >= 4 is 27.7 Å². The van der Waals surface area contributed by atoms with Gasteiger partial charge in [-0.15, -0.1) is 0 Å². The second-order valence-electron chi connectivity index (χ2n) is 4.59. The van der Waals surface area contributed by atoms with Crippen molar-refractivity contribution in [1.82, 2.24) is 15.8 Å². The number of carbonyl (C=O) groups excluding carboxylic acids is 2. The maximum Gasteiger partial charge on any atom is 0.276 e. The maximum atomic E-state index is 12.6. The van der Waals surface area contributed by atoms with Gasteiger partial charge in [0.2, 0.25) is 17.7 Å². The Morgan fingerprint density at radius 2 is 2.10 bits per heavy atom. The Balaban J connectivity index is 1.67. The quantitative estimate of drug-likeness (QED) is 0.626. The number of hydrazine groups is 1. The van der Waals surface area contributed by atoms with E-state index in [1.807, 2.05) is 0 Å². The van der Waals surface area contributed by atoms with Gasteiger partial charge in [-0.25, -0.2) is 13.8 Å². The fraction of sp³-hybridized carbons (Fsp3) is 0.417. The Morgan fingerprint density at radius 3 is 2.71 bits per heavy atom. The highest BCUT2D eigenvalue weighted by atomic mass is 79.9. The molecule has 1 aliphatic carbocycles. The van der Waals surface area contributed by atoms with Crippen LogP contribution in [0.5, 0.6) is 5.88 Å². The molecule has 0 unspecified atom stereocenters. The van der Waals surface area contributed by atoms with Crippen molar-refractivity contribution in [3.05, 3.63) is 22.8 Å². The topological polar surface area (TPSA) is 80.3 Å². The van der Waals surface area contributed by atoms with Crippen LogP contribution >= 0.6 is 15.9 Å². The van der Waals surface area contributed by atoms with E-state index in [4.69, 9.17) is 4.74 Å². The van der Waals surface area contributed by atoms with Crippen LogP contribution in [0.3, 0.4) is 0 Å². The number of alkyl halides is 2. The molecule has 0 saturated heterocycles. The zero-order valence-electron chi connectivity index (χ0n) is 10.7. The molecule has 1 aromatic rings. The Morgan fingerprint density at radius 1 is 1.38 bits per heavy atom. The van der Waals surface area contributed by atoms with Gasteiger partial charge in [0.05, 0.1) is 5.92 Å². The van der Waals surface area contributed by atoms with Gasteiger partial charge in [-0.05, 0) is 22.0 Å². The average molecular weight is 364 g/mol. The number of rotatable bonds is 4. The van der Waals surface area contributed by atoms with Crippen LogP contribution in [0.2, 0.25) is 0 Å². The predicted molar refractivity (Wildman–Crippen MR) is 71.4 cm³/mol. The summed E-state index contributed by atoms with van der Waals surface area (Å²) in [5, 5.41) is 0. The van der Waals surface area contributed by atoms with E-state index >= 15 is 0 Å². The van der Waals surface area contributed by atoms with Crippen LogP contribution in [0, 0.1) is 5.92 Å². The van der Waals surface area contributed by atoms with Crippen LogP contribution in [0.15, 0.2) is 22.8 Å². The van der Waals surface area contributed by atoms with Gasteiger partial charge >= 0.3 is 0 Å². The van der Waals surface area contributed by atoms with E-state index in [9.17, 15) is 18.4 Å². The summed E-state index contributed by atoms with van der Waals surface area (Å²) in [6.07, 6.45) is -0.986. The number of pyridine rings is 1. The van der Waals surface area contributed by atoms with Crippen molar-refractivity contribution < 1.29 is 23.1 Å². The van der Waals surface area contributed by atoms with Gasteiger partial charge in [0.1, 0.15) is 4.60 Å². The van der Waals surface area contributed by atoms with E-state index in [1.165, 1.54) is 0 Å². The lowest BCUT2D eigenvalue weighted by Crippen LogP contribution is -2.51. The number of carbonyl (C=O) groups is 2. The van der Waals surface area contributed by atoms with E-state index in [0.717, 1.165) is 0 Å². The zero-order valence-corrected chi connectivity index (χ0v) is 12.3. The molecule has 0 aromatic carbocycles. The summed E-state index contributed by atoms with van der Waals surface area (Å²) in [6, 6.07) is 4.94. The molecule has 1 aliphatic rings. The number of amides is 2. The lowest BCUT2D eigenvalue weighted by atomic mass is 9.81. The van der Waals surface area contributed by atoms with Gasteiger partial charge in [-0.2, -0.15) is 0 Å². The smallest absolute Gasteiger partial charge is 0.276 e. The van der Waals surface area contributed by atoms with Crippen molar-refractivity contribution in [2.45, 2.75) is 18.8 Å². The van der Waals surface area contributed by atoms with E-state index < -0.39 is 36.5 Å². The SMILES string of the molecule is O=C(COc1cccc(Br)n1)NNC(=O)C1CC(F)(F)C1. The fourth-order valence-electron chi connectivity index (χ4n) is 1.73. The molecule has 6 nitrogen and oxygen atoms in total. The highest BCUT2D eigenvalue weighted by molar-refractivity contribution is 9.10. The Labute approximate surface area is 127 Å². The van der Waals surface area contributed by atoms with Crippen LogP contribution in [0.25, 0.3) is 0 Å². The summed E-state index contributed by atoms with van der Waals surface area (Å²) in [5.41, 5.74) is 4.18. The third kappa shape index (κ3) is 4.62. The van der Waals surface area contributed by atoms with Crippen molar-refractivity contribution in [1.29, 1.82) is 0 Å². The molecule has 2 amide bonds. The van der Waals surface area contributed by atoms with Crippen molar-refractivity contribution in [3.63, 3.8) is 0 Å². The summed E-state index contributed by atoms with van der Waals surface area (Å²) in [5.74, 6) is -4.55. The van der Waals surface area contributed by atoms with E-state index in [0.29, 0.717) is 4.60 Å². The molecule has 0 atom stereocenters. The van der Waals surface area contributed by atoms with Gasteiger partial charge in [-0.3, -0.25) is 20.4 Å². The van der Waals surface area contributed by atoms with Gasteiger partial charge in [0.15, 0.2) is 6.61 Å². The molecule has 21 heavy (non-hydrogen) atoms. The molecule has 0 radical (unpaired) electrons. The number of nitrogens with one attached hydrogen (secondary N) is 2. The standard InChI is InChI=1S/C12H12BrF2N3O3/c13-8-2-1-3-10(16-8)21-6-9(19)17-18-11(20)7-4-12(14,15)5-7/h1-3,7H,4-6H2,(H,17,19)(H,18,20). The van der Waals surface area contributed by atoms with E-state index in [2.05, 4.69) is 31.8 Å². The molecule has 1 fully saturated rings. The van der Waals surface area contributed by atoms with E-state index in [-0.39, 0.29) is 12.5 Å². The largest absolute Gasteiger partial charge is 0.467 e. The molecule has 1 saturated carbocycles. The summed E-state index contributed by atoms with van der Waals surface area (Å²) in [6.45, 7) is -0.357. The molecular weight excluding hydrogens is 352 g/mol. The monoisotopic (exact) mass is 363 g/mol. The van der Waals surface area contributed by atoms with E-state index in [1.54, 1.807) is 18.2 Å². The average Bonchev–Trinajstić information content (AvgIpc) is 2.40. The summed E-state index contributed by atoms with van der Waals surface area (Å²) >= 11 is 3.15. The van der Waals surface area contributed by atoms with Crippen LogP contribution in [0.4, 0.5) is 8.78 Å². The predicted octanol–water partition coefficient (Wildman–Crippen LogP) is 1.42. The minimum absolute atomic E-state index is 0.240. The highest BCUT2D eigenvalue weighted by Crippen LogP contribution is 2.42. The Hall–Kier alpha value is -1.77. The third-order valence-electron chi connectivity index (χ3n) is 2.83. The minimum atomic E-state index is -2.78. The molecule has 9 heteroatoms. The fourth-order valence-corrected chi connectivity index (χ4v) is 2.05. The number of nitrogens with zero attached hydrogens (tertiary/aromatic N) is 1. The van der Waals surface area contributed by atoms with Gasteiger partial charge in [-0.1, -0.05) is 6.07 Å². The molecule has 0 aliphatic heterocycles. The molecular formula is C12H12BrF2N3O3. The molecule has 2 rings (SSSR count). The van der Waals surface area contributed by atoms with Crippen molar-refractivity contribution in [3.8, 4) is 5.88 Å². The zero-order chi connectivity index (χ0) is 15.5. The second kappa shape index (κ2) is 6.33. The van der Waals surface area contributed by atoms with Crippen LogP contribution in [-0.4, -0.2) is 29.3 Å². The van der Waals surface area contributed by atoms with Gasteiger partial charge in [0.25, 0.3) is 5.91 Å². The lowest BCUT2D eigenvalue weighted by molar-refractivity contribution is -0.152. The van der Waals surface area contributed by atoms with Gasteiger partial charge in [0, 0.05) is 18.9 Å². The number of ether oxygens (including phenoxy) is 1. The van der Waals surface area contributed by atoms with Crippen molar-refractivity contribution in [2.24, 2.45) is 5.92 Å². The Bertz CT molecular complexity index is 548. The number of halogens is 3. The summed E-state index contributed by atoms with van der Waals surface area (Å²) < 4.78 is 30.8. The first-order chi connectivity index (χ1) is 9.85. The second-order valence-corrected chi connectivity index (χ2v) is 5.40. The normalized spacial score (nSPS) is 16.7. The van der Waals surface area contributed by atoms with Crippen molar-refractivity contribution in [2.75, 3.05) is 6.61 Å². The summed E-state index contributed by atoms with van der Waals surface area (Å²) in [4.78, 5) is 26.8. The molecule has 1 aromatic heterocycles. The first-order valence-corrected chi connectivity index (χ1v) is 6.87. The third-order valence-corrected chi connectivity index (χ3v) is 3.27. The molecule has 114 valence electrons. The lowest BCUT2D eigenvalue weighted by Gasteiger charge is -2.33. The molecule has 2 N–H and O–H groups in total. The first kappa shape index (κ1) is 15.6. The van der Waals surface area contributed by atoms with Crippen LogP contribution < -0.4 is 15.6 Å². The molecule has 0 bridgehead atoms. The highest BCUT2D eigenvalue weighted by Gasteiger charge is 2.48. The Kier molecular flexibility index (Phi) is 4.71.